The van der Waals surface area contributed by atoms with Gasteiger partial charge in [0.2, 0.25) is 0 Å². The van der Waals surface area contributed by atoms with Gasteiger partial charge in [-0.05, 0) is 24.0 Å². The predicted octanol–water partition coefficient (Wildman–Crippen LogP) is 1.70. The molecule has 0 saturated carbocycles. The molecule has 0 bridgehead atoms. The van der Waals surface area contributed by atoms with E-state index in [4.69, 9.17) is 4.74 Å². The fraction of sp³-hybridized carbons (Fsp3) is 0.615. The largest absolute Gasteiger partial charge is 0.468 e. The fourth-order valence-electron chi connectivity index (χ4n) is 1.78. The zero-order valence-corrected chi connectivity index (χ0v) is 11.1. The van der Waals surface area contributed by atoms with E-state index in [1.54, 1.807) is 0 Å². The summed E-state index contributed by atoms with van der Waals surface area (Å²) in [6, 6.07) is 1.82. The van der Waals surface area contributed by atoms with Crippen molar-refractivity contribution >= 4 is 5.97 Å². The number of aromatic nitrogens is 1. The van der Waals surface area contributed by atoms with Crippen LogP contribution in [0.4, 0.5) is 0 Å². The SMILES string of the molecule is COC(=O)C(CC(C)C)NCc1ccn(C)c1. The smallest absolute Gasteiger partial charge is 0.322 e. The molecule has 1 unspecified atom stereocenters. The Morgan fingerprint density at radius 1 is 1.53 bits per heavy atom. The summed E-state index contributed by atoms with van der Waals surface area (Å²) in [7, 11) is 3.41. The van der Waals surface area contributed by atoms with Gasteiger partial charge >= 0.3 is 5.97 Å². The number of methoxy groups -OCH3 is 1. The molecule has 0 fully saturated rings. The lowest BCUT2D eigenvalue weighted by Gasteiger charge is -2.17. The van der Waals surface area contributed by atoms with Crippen molar-refractivity contribution in [3.05, 3.63) is 24.0 Å². The first-order valence-electron chi connectivity index (χ1n) is 5.95. The highest BCUT2D eigenvalue weighted by Gasteiger charge is 2.19. The quantitative estimate of drug-likeness (QED) is 0.767. The number of carbonyl (C=O) groups is 1. The molecule has 0 aromatic carbocycles. The highest BCUT2D eigenvalue weighted by atomic mass is 16.5. The molecule has 96 valence electrons. The van der Waals surface area contributed by atoms with Crippen LogP contribution in [-0.2, 0) is 23.1 Å². The average Bonchev–Trinajstić information content (AvgIpc) is 2.68. The van der Waals surface area contributed by atoms with Gasteiger partial charge in [-0.2, -0.15) is 0 Å². The van der Waals surface area contributed by atoms with E-state index >= 15 is 0 Å². The minimum absolute atomic E-state index is 0.186. The molecule has 4 heteroatoms. The molecule has 1 aromatic rings. The number of hydrogen-bond acceptors (Lipinski definition) is 3. The monoisotopic (exact) mass is 238 g/mol. The first-order chi connectivity index (χ1) is 8.02. The van der Waals surface area contributed by atoms with E-state index in [1.807, 2.05) is 30.1 Å². The van der Waals surface area contributed by atoms with Crippen LogP contribution in [-0.4, -0.2) is 23.7 Å². The Labute approximate surface area is 103 Å². The molecule has 1 rings (SSSR count). The van der Waals surface area contributed by atoms with Crippen molar-refractivity contribution in [2.24, 2.45) is 13.0 Å². The molecule has 1 N–H and O–H groups in total. The van der Waals surface area contributed by atoms with Gasteiger partial charge in [0.1, 0.15) is 6.04 Å². The van der Waals surface area contributed by atoms with E-state index in [0.717, 1.165) is 6.42 Å². The molecule has 1 aromatic heterocycles. The number of esters is 1. The average molecular weight is 238 g/mol. The first kappa shape index (κ1) is 13.8. The second-order valence-corrected chi connectivity index (χ2v) is 4.77. The van der Waals surface area contributed by atoms with Crippen LogP contribution in [0.25, 0.3) is 0 Å². The van der Waals surface area contributed by atoms with Crippen molar-refractivity contribution in [1.29, 1.82) is 0 Å². The Morgan fingerprint density at radius 3 is 2.71 bits per heavy atom. The predicted molar refractivity (Wildman–Crippen MR) is 67.5 cm³/mol. The molecular weight excluding hydrogens is 216 g/mol. The summed E-state index contributed by atoms with van der Waals surface area (Å²) in [6.45, 7) is 4.88. The number of nitrogens with one attached hydrogen (secondary N) is 1. The van der Waals surface area contributed by atoms with Gasteiger partial charge < -0.3 is 14.6 Å². The highest BCUT2D eigenvalue weighted by molar-refractivity contribution is 5.75. The Balaban J connectivity index is 2.51. The van der Waals surface area contributed by atoms with Crippen molar-refractivity contribution in [2.45, 2.75) is 32.9 Å². The summed E-state index contributed by atoms with van der Waals surface area (Å²) >= 11 is 0. The van der Waals surface area contributed by atoms with Crippen molar-refractivity contribution in [2.75, 3.05) is 7.11 Å². The number of aryl methyl sites for hydroxylation is 1. The maximum absolute atomic E-state index is 11.6. The lowest BCUT2D eigenvalue weighted by Crippen LogP contribution is -2.38. The molecule has 1 heterocycles. The zero-order valence-electron chi connectivity index (χ0n) is 11.1. The summed E-state index contributed by atoms with van der Waals surface area (Å²) in [5.41, 5.74) is 1.17. The number of rotatable bonds is 6. The Bertz CT molecular complexity index is 358. The van der Waals surface area contributed by atoms with Crippen LogP contribution in [0.2, 0.25) is 0 Å². The summed E-state index contributed by atoms with van der Waals surface area (Å²) in [6.07, 6.45) is 4.82. The minimum atomic E-state index is -0.222. The molecule has 0 spiro atoms. The van der Waals surface area contributed by atoms with Gasteiger partial charge in [-0.25, -0.2) is 0 Å². The van der Waals surface area contributed by atoms with Gasteiger partial charge in [0.05, 0.1) is 7.11 Å². The number of nitrogens with zero attached hydrogens (tertiary/aromatic N) is 1. The van der Waals surface area contributed by atoms with Gasteiger partial charge in [0.15, 0.2) is 0 Å². The molecule has 0 aliphatic carbocycles. The van der Waals surface area contributed by atoms with Crippen molar-refractivity contribution in [3.63, 3.8) is 0 Å². The maximum Gasteiger partial charge on any atom is 0.322 e. The highest BCUT2D eigenvalue weighted by Crippen LogP contribution is 2.08. The van der Waals surface area contributed by atoms with E-state index in [2.05, 4.69) is 19.2 Å². The van der Waals surface area contributed by atoms with Crippen LogP contribution in [0.15, 0.2) is 18.5 Å². The number of carbonyl (C=O) groups excluding carboxylic acids is 1. The van der Waals surface area contributed by atoms with Gasteiger partial charge in [-0.1, -0.05) is 13.8 Å². The van der Waals surface area contributed by atoms with Crippen LogP contribution in [0.1, 0.15) is 25.8 Å². The molecule has 0 radical (unpaired) electrons. The van der Waals surface area contributed by atoms with Crippen molar-refractivity contribution in [1.82, 2.24) is 9.88 Å². The lowest BCUT2D eigenvalue weighted by atomic mass is 10.0. The van der Waals surface area contributed by atoms with Crippen molar-refractivity contribution < 1.29 is 9.53 Å². The summed E-state index contributed by atoms with van der Waals surface area (Å²) in [5, 5.41) is 3.24. The minimum Gasteiger partial charge on any atom is -0.468 e. The third-order valence-electron chi connectivity index (χ3n) is 2.64. The standard InChI is InChI=1S/C13H22N2O2/c1-10(2)7-12(13(16)17-4)14-8-11-5-6-15(3)9-11/h5-6,9-10,12,14H,7-8H2,1-4H3. The van der Waals surface area contributed by atoms with E-state index in [1.165, 1.54) is 12.7 Å². The van der Waals surface area contributed by atoms with Crippen LogP contribution >= 0.6 is 0 Å². The second-order valence-electron chi connectivity index (χ2n) is 4.77. The first-order valence-corrected chi connectivity index (χ1v) is 5.95. The molecule has 0 saturated heterocycles. The Kier molecular flexibility index (Phi) is 5.22. The maximum atomic E-state index is 11.6. The van der Waals surface area contributed by atoms with Gasteiger partial charge in [-0.15, -0.1) is 0 Å². The molecule has 17 heavy (non-hydrogen) atoms. The summed E-state index contributed by atoms with van der Waals surface area (Å²) < 4.78 is 6.79. The van der Waals surface area contributed by atoms with Gasteiger partial charge in [0, 0.05) is 26.0 Å². The van der Waals surface area contributed by atoms with E-state index in [9.17, 15) is 4.79 Å². The van der Waals surface area contributed by atoms with Crippen molar-refractivity contribution in [3.8, 4) is 0 Å². The lowest BCUT2D eigenvalue weighted by molar-refractivity contribution is -0.143. The normalized spacial score (nSPS) is 12.8. The third-order valence-corrected chi connectivity index (χ3v) is 2.64. The number of hydrogen-bond donors (Lipinski definition) is 1. The Morgan fingerprint density at radius 2 is 2.24 bits per heavy atom. The number of ether oxygens (including phenoxy) is 1. The molecule has 4 nitrogen and oxygen atoms in total. The Hall–Kier alpha value is -1.29. The molecular formula is C13H22N2O2. The summed E-state index contributed by atoms with van der Waals surface area (Å²) in [4.78, 5) is 11.6. The topological polar surface area (TPSA) is 43.3 Å². The van der Waals surface area contributed by atoms with Crippen LogP contribution < -0.4 is 5.32 Å². The van der Waals surface area contributed by atoms with E-state index < -0.39 is 0 Å². The van der Waals surface area contributed by atoms with E-state index in [-0.39, 0.29) is 12.0 Å². The zero-order chi connectivity index (χ0) is 12.8. The van der Waals surface area contributed by atoms with Gasteiger partial charge in [0.25, 0.3) is 0 Å². The molecule has 0 amide bonds. The molecule has 0 aliphatic heterocycles. The van der Waals surface area contributed by atoms with Crippen LogP contribution in [0, 0.1) is 5.92 Å². The third kappa shape index (κ3) is 4.61. The van der Waals surface area contributed by atoms with Crippen LogP contribution in [0.5, 0.6) is 0 Å². The molecule has 1 atom stereocenters. The van der Waals surface area contributed by atoms with E-state index in [0.29, 0.717) is 12.5 Å². The van der Waals surface area contributed by atoms with Gasteiger partial charge in [-0.3, -0.25) is 4.79 Å². The summed E-state index contributed by atoms with van der Waals surface area (Å²) in [5.74, 6) is 0.275. The fourth-order valence-corrected chi connectivity index (χ4v) is 1.78. The molecule has 0 aliphatic rings. The van der Waals surface area contributed by atoms with Crippen LogP contribution in [0.3, 0.4) is 0 Å². The second kappa shape index (κ2) is 6.45.